The van der Waals surface area contributed by atoms with Crippen LogP contribution in [0.25, 0.3) is 11.5 Å². The van der Waals surface area contributed by atoms with Crippen molar-refractivity contribution in [2.75, 3.05) is 0 Å². The molecule has 3 rings (SSSR count). The molecule has 1 N–H and O–H groups in total. The standard InChI is InChI=1S/C20H20N4O3/c1-15-17(23-19(27-15)16-9-5-4-6-10-16)11-7-2-3-8-12-18(20(25)26)24-21-13-14-22-24/h4-6,9-10,13-14,18H,2,7,11-12H2,1H3,(H,25,26). The summed E-state index contributed by atoms with van der Waals surface area (Å²) in [7, 11) is 0. The molecular weight excluding hydrogens is 344 g/mol. The summed E-state index contributed by atoms with van der Waals surface area (Å²) in [4.78, 5) is 17.0. The highest BCUT2D eigenvalue weighted by molar-refractivity contribution is 5.71. The highest BCUT2D eigenvalue weighted by atomic mass is 16.4. The Hall–Kier alpha value is -3.40. The number of aliphatic carboxylic acids is 1. The second kappa shape index (κ2) is 8.81. The SMILES string of the molecule is Cc1oc(-c2ccccc2)nc1CCCC#CCC(C(=O)O)n1nccn1. The fourth-order valence-corrected chi connectivity index (χ4v) is 2.62. The third-order valence-electron chi connectivity index (χ3n) is 4.05. The van der Waals surface area contributed by atoms with E-state index in [9.17, 15) is 9.90 Å². The molecule has 0 spiro atoms. The number of oxazole rings is 1. The van der Waals surface area contributed by atoms with E-state index in [1.54, 1.807) is 0 Å². The van der Waals surface area contributed by atoms with Crippen molar-refractivity contribution < 1.29 is 14.3 Å². The van der Waals surface area contributed by atoms with Crippen LogP contribution in [0.5, 0.6) is 0 Å². The number of hydrogen-bond donors (Lipinski definition) is 1. The van der Waals surface area contributed by atoms with Crippen molar-refractivity contribution >= 4 is 5.97 Å². The molecule has 1 unspecified atom stereocenters. The monoisotopic (exact) mass is 364 g/mol. The van der Waals surface area contributed by atoms with E-state index in [-0.39, 0.29) is 6.42 Å². The van der Waals surface area contributed by atoms with Crippen LogP contribution in [0.15, 0.2) is 47.1 Å². The number of carboxylic acids is 1. The molecule has 2 heterocycles. The van der Waals surface area contributed by atoms with Crippen LogP contribution in [0, 0.1) is 18.8 Å². The molecule has 0 amide bonds. The average Bonchev–Trinajstić information content (AvgIpc) is 3.32. The van der Waals surface area contributed by atoms with Crippen molar-refractivity contribution in [3.05, 3.63) is 54.2 Å². The van der Waals surface area contributed by atoms with Crippen molar-refractivity contribution in [3.63, 3.8) is 0 Å². The first kappa shape index (κ1) is 18.4. The summed E-state index contributed by atoms with van der Waals surface area (Å²) in [5.41, 5.74) is 1.89. The van der Waals surface area contributed by atoms with Gasteiger partial charge in [-0.15, -0.1) is 11.8 Å². The van der Waals surface area contributed by atoms with Crippen LogP contribution in [-0.4, -0.2) is 31.1 Å². The number of aromatic nitrogens is 4. The molecule has 0 fully saturated rings. The Kier molecular flexibility index (Phi) is 6.00. The largest absolute Gasteiger partial charge is 0.480 e. The summed E-state index contributed by atoms with van der Waals surface area (Å²) >= 11 is 0. The summed E-state index contributed by atoms with van der Waals surface area (Å²) in [6.07, 6.45) is 5.32. The van der Waals surface area contributed by atoms with Gasteiger partial charge in [-0.05, 0) is 31.9 Å². The number of hydrogen-bond acceptors (Lipinski definition) is 5. The molecule has 138 valence electrons. The van der Waals surface area contributed by atoms with Gasteiger partial charge in [0.25, 0.3) is 0 Å². The summed E-state index contributed by atoms with van der Waals surface area (Å²) in [6.45, 7) is 1.91. The van der Waals surface area contributed by atoms with Gasteiger partial charge >= 0.3 is 5.97 Å². The second-order valence-corrected chi connectivity index (χ2v) is 6.00. The number of rotatable bonds is 7. The lowest BCUT2D eigenvalue weighted by molar-refractivity contribution is -0.141. The molecule has 1 atom stereocenters. The molecule has 1 aromatic carbocycles. The van der Waals surface area contributed by atoms with Gasteiger partial charge in [-0.1, -0.05) is 18.2 Å². The van der Waals surface area contributed by atoms with E-state index in [0.717, 1.165) is 29.9 Å². The molecule has 2 aromatic heterocycles. The third kappa shape index (κ3) is 4.82. The zero-order chi connectivity index (χ0) is 19.1. The Morgan fingerprint density at radius 3 is 2.67 bits per heavy atom. The van der Waals surface area contributed by atoms with Crippen molar-refractivity contribution in [1.82, 2.24) is 20.0 Å². The lowest BCUT2D eigenvalue weighted by atomic mass is 10.1. The van der Waals surface area contributed by atoms with Crippen LogP contribution < -0.4 is 0 Å². The first-order valence-electron chi connectivity index (χ1n) is 8.71. The van der Waals surface area contributed by atoms with Gasteiger partial charge < -0.3 is 9.52 Å². The number of carbonyl (C=O) groups is 1. The normalized spacial score (nSPS) is 11.6. The van der Waals surface area contributed by atoms with Crippen molar-refractivity contribution in [2.24, 2.45) is 0 Å². The predicted octanol–water partition coefficient (Wildman–Crippen LogP) is 3.28. The van der Waals surface area contributed by atoms with E-state index in [4.69, 9.17) is 4.42 Å². The summed E-state index contributed by atoms with van der Waals surface area (Å²) in [5, 5.41) is 17.0. The van der Waals surface area contributed by atoms with Crippen molar-refractivity contribution in [3.8, 4) is 23.3 Å². The number of benzene rings is 1. The molecular formula is C20H20N4O3. The smallest absolute Gasteiger partial charge is 0.331 e. The van der Waals surface area contributed by atoms with Gasteiger partial charge in [0.2, 0.25) is 5.89 Å². The second-order valence-electron chi connectivity index (χ2n) is 6.00. The maximum absolute atomic E-state index is 11.3. The zero-order valence-electron chi connectivity index (χ0n) is 15.0. The molecule has 0 saturated heterocycles. The lowest BCUT2D eigenvalue weighted by Crippen LogP contribution is -2.20. The van der Waals surface area contributed by atoms with Crippen molar-refractivity contribution in [1.29, 1.82) is 0 Å². The Labute approximate surface area is 157 Å². The summed E-state index contributed by atoms with van der Waals surface area (Å²) < 4.78 is 5.75. The minimum atomic E-state index is -0.993. The Morgan fingerprint density at radius 1 is 1.22 bits per heavy atom. The molecule has 0 saturated carbocycles. The number of nitrogens with zero attached hydrogens (tertiary/aromatic N) is 4. The third-order valence-corrected chi connectivity index (χ3v) is 4.05. The van der Waals surface area contributed by atoms with Crippen molar-refractivity contribution in [2.45, 2.75) is 38.6 Å². The van der Waals surface area contributed by atoms with Crippen LogP contribution in [0.1, 0.15) is 36.8 Å². The first-order chi connectivity index (χ1) is 13.1. The number of unbranched alkanes of at least 4 members (excludes halogenated alkanes) is 1. The maximum atomic E-state index is 11.3. The lowest BCUT2D eigenvalue weighted by Gasteiger charge is -2.06. The van der Waals surface area contributed by atoms with Gasteiger partial charge in [0, 0.05) is 18.4 Å². The van der Waals surface area contributed by atoms with Crippen LogP contribution in [0.2, 0.25) is 0 Å². The highest BCUT2D eigenvalue weighted by Gasteiger charge is 2.19. The van der Waals surface area contributed by atoms with Gasteiger partial charge in [0.05, 0.1) is 18.1 Å². The fourth-order valence-electron chi connectivity index (χ4n) is 2.62. The maximum Gasteiger partial charge on any atom is 0.331 e. The topological polar surface area (TPSA) is 94.0 Å². The summed E-state index contributed by atoms with van der Waals surface area (Å²) in [6, 6.07) is 8.93. The van der Waals surface area contributed by atoms with Crippen LogP contribution in [0.3, 0.4) is 0 Å². The average molecular weight is 364 g/mol. The highest BCUT2D eigenvalue weighted by Crippen LogP contribution is 2.22. The van der Waals surface area contributed by atoms with Crippen LogP contribution >= 0.6 is 0 Å². The van der Waals surface area contributed by atoms with Gasteiger partial charge in [-0.3, -0.25) is 0 Å². The molecule has 0 radical (unpaired) electrons. The zero-order valence-corrected chi connectivity index (χ0v) is 15.0. The summed E-state index contributed by atoms with van der Waals surface area (Å²) in [5.74, 6) is 6.39. The number of aryl methyl sites for hydroxylation is 2. The molecule has 0 aliphatic rings. The molecule has 27 heavy (non-hydrogen) atoms. The van der Waals surface area contributed by atoms with Gasteiger partial charge in [0.1, 0.15) is 5.76 Å². The minimum absolute atomic E-state index is 0.172. The van der Waals surface area contributed by atoms with E-state index < -0.39 is 12.0 Å². The van der Waals surface area contributed by atoms with E-state index in [1.807, 2.05) is 37.3 Å². The molecule has 0 aliphatic carbocycles. The minimum Gasteiger partial charge on any atom is -0.480 e. The van der Waals surface area contributed by atoms with E-state index >= 15 is 0 Å². The molecule has 0 aliphatic heterocycles. The van der Waals surface area contributed by atoms with Crippen LogP contribution in [-0.2, 0) is 11.2 Å². The number of carboxylic acid groups (broad SMARTS) is 1. The Morgan fingerprint density at radius 2 is 1.96 bits per heavy atom. The van der Waals surface area contributed by atoms with Gasteiger partial charge in [0.15, 0.2) is 6.04 Å². The molecule has 3 aromatic rings. The first-order valence-corrected chi connectivity index (χ1v) is 8.71. The quantitative estimate of drug-likeness (QED) is 0.511. The molecule has 7 heteroatoms. The van der Waals surface area contributed by atoms with Crippen LogP contribution in [0.4, 0.5) is 0 Å². The molecule has 0 bridgehead atoms. The Balaban J connectivity index is 1.50. The predicted molar refractivity (Wildman–Crippen MR) is 98.7 cm³/mol. The van der Waals surface area contributed by atoms with E-state index in [1.165, 1.54) is 17.2 Å². The van der Waals surface area contributed by atoms with E-state index in [0.29, 0.717) is 12.3 Å². The van der Waals surface area contributed by atoms with Gasteiger partial charge in [-0.2, -0.15) is 15.0 Å². The Bertz CT molecular complexity index is 937. The molecule has 7 nitrogen and oxygen atoms in total. The van der Waals surface area contributed by atoms with Gasteiger partial charge in [-0.25, -0.2) is 9.78 Å². The fraction of sp³-hybridized carbons (Fsp3) is 0.300. The van der Waals surface area contributed by atoms with E-state index in [2.05, 4.69) is 27.0 Å².